The molecule has 6 nitrogen and oxygen atoms in total. The Labute approximate surface area is 147 Å². The van der Waals surface area contributed by atoms with Crippen molar-refractivity contribution < 1.29 is 14.7 Å². The van der Waals surface area contributed by atoms with Crippen LogP contribution in [0, 0.1) is 20.8 Å². The van der Waals surface area contributed by atoms with Gasteiger partial charge in [0.1, 0.15) is 0 Å². The van der Waals surface area contributed by atoms with Crippen LogP contribution in [0.25, 0.3) is 0 Å². The molecule has 6 heteroatoms. The highest BCUT2D eigenvalue weighted by Crippen LogP contribution is 2.23. The molecule has 1 unspecified atom stereocenters. The fraction of sp³-hybridized carbons (Fsp3) is 0.421. The van der Waals surface area contributed by atoms with Gasteiger partial charge in [-0.3, -0.25) is 9.48 Å². The summed E-state index contributed by atoms with van der Waals surface area (Å²) in [7, 11) is 0. The fourth-order valence-corrected chi connectivity index (χ4v) is 2.88. The minimum Gasteiger partial charge on any atom is -0.479 e. The van der Waals surface area contributed by atoms with E-state index in [2.05, 4.69) is 10.4 Å². The summed E-state index contributed by atoms with van der Waals surface area (Å²) in [6, 6.07) is 4.33. The SMILES string of the molecule is Cc1cccc(C(NC(=O)c2cnn(C(C)(C)C)c2C)C(=O)O)c1C. The Morgan fingerprint density at radius 2 is 1.84 bits per heavy atom. The minimum absolute atomic E-state index is 0.262. The number of benzene rings is 1. The van der Waals surface area contributed by atoms with E-state index in [1.807, 2.05) is 40.7 Å². The number of aliphatic carboxylic acids is 1. The number of aromatic nitrogens is 2. The van der Waals surface area contributed by atoms with Gasteiger partial charge >= 0.3 is 5.97 Å². The van der Waals surface area contributed by atoms with Gasteiger partial charge in [0.05, 0.1) is 17.3 Å². The number of hydrogen-bond acceptors (Lipinski definition) is 3. The van der Waals surface area contributed by atoms with Crippen molar-refractivity contribution in [2.45, 2.75) is 53.1 Å². The molecule has 1 heterocycles. The standard InChI is InChI=1S/C19H25N3O3/c1-11-8-7-9-14(12(11)2)16(18(24)25)21-17(23)15-10-20-22(13(15)3)19(4,5)6/h7-10,16H,1-6H3,(H,21,23)(H,24,25). The number of carboxylic acids is 1. The van der Waals surface area contributed by atoms with Crippen molar-refractivity contribution in [1.29, 1.82) is 0 Å². The number of carboxylic acid groups (broad SMARTS) is 1. The number of aryl methyl sites for hydroxylation is 1. The molecule has 0 aliphatic heterocycles. The first-order chi connectivity index (χ1) is 11.5. The summed E-state index contributed by atoms with van der Waals surface area (Å²) in [4.78, 5) is 24.4. The van der Waals surface area contributed by atoms with Crippen LogP contribution < -0.4 is 5.32 Å². The molecular formula is C19H25N3O3. The lowest BCUT2D eigenvalue weighted by atomic mass is 9.97. The van der Waals surface area contributed by atoms with E-state index >= 15 is 0 Å². The molecule has 1 aromatic heterocycles. The summed E-state index contributed by atoms with van der Waals surface area (Å²) < 4.78 is 1.76. The Kier molecular flexibility index (Phi) is 5.02. The molecule has 25 heavy (non-hydrogen) atoms. The topological polar surface area (TPSA) is 84.2 Å². The molecule has 0 spiro atoms. The van der Waals surface area contributed by atoms with E-state index in [9.17, 15) is 14.7 Å². The van der Waals surface area contributed by atoms with Crippen molar-refractivity contribution in [3.05, 3.63) is 52.3 Å². The van der Waals surface area contributed by atoms with E-state index in [-0.39, 0.29) is 5.54 Å². The van der Waals surface area contributed by atoms with E-state index in [1.54, 1.807) is 23.7 Å². The van der Waals surface area contributed by atoms with Crippen LogP contribution in [0.3, 0.4) is 0 Å². The fourth-order valence-electron chi connectivity index (χ4n) is 2.88. The average molecular weight is 343 g/mol. The van der Waals surface area contributed by atoms with Gasteiger partial charge in [-0.25, -0.2) is 4.79 Å². The van der Waals surface area contributed by atoms with E-state index in [1.165, 1.54) is 6.20 Å². The van der Waals surface area contributed by atoms with E-state index < -0.39 is 17.9 Å². The van der Waals surface area contributed by atoms with Crippen LogP contribution >= 0.6 is 0 Å². The minimum atomic E-state index is -1.11. The summed E-state index contributed by atoms with van der Waals surface area (Å²) in [5, 5.41) is 16.5. The summed E-state index contributed by atoms with van der Waals surface area (Å²) in [5.41, 5.74) is 3.25. The molecule has 0 saturated carbocycles. The summed E-state index contributed by atoms with van der Waals surface area (Å²) in [6.45, 7) is 11.5. The normalized spacial score (nSPS) is 12.7. The second-order valence-corrected chi connectivity index (χ2v) is 7.26. The molecule has 0 aliphatic carbocycles. The van der Waals surface area contributed by atoms with Gasteiger partial charge in [0, 0.05) is 5.69 Å². The average Bonchev–Trinajstić information content (AvgIpc) is 2.89. The number of carbonyl (C=O) groups excluding carboxylic acids is 1. The maximum absolute atomic E-state index is 12.7. The predicted octanol–water partition coefficient (Wildman–Crippen LogP) is 3.12. The van der Waals surface area contributed by atoms with Gasteiger partial charge in [0.2, 0.25) is 0 Å². The molecule has 0 radical (unpaired) electrons. The molecule has 2 N–H and O–H groups in total. The Morgan fingerprint density at radius 3 is 2.36 bits per heavy atom. The number of nitrogens with zero attached hydrogens (tertiary/aromatic N) is 2. The van der Waals surface area contributed by atoms with E-state index in [0.29, 0.717) is 16.8 Å². The van der Waals surface area contributed by atoms with Crippen molar-refractivity contribution in [3.63, 3.8) is 0 Å². The maximum atomic E-state index is 12.7. The first-order valence-corrected chi connectivity index (χ1v) is 8.19. The van der Waals surface area contributed by atoms with Gasteiger partial charge in [0.25, 0.3) is 5.91 Å². The number of amides is 1. The van der Waals surface area contributed by atoms with Crippen LogP contribution in [0.5, 0.6) is 0 Å². The Morgan fingerprint density at radius 1 is 1.20 bits per heavy atom. The second kappa shape index (κ2) is 6.70. The van der Waals surface area contributed by atoms with Gasteiger partial charge in [-0.15, -0.1) is 0 Å². The molecular weight excluding hydrogens is 318 g/mol. The van der Waals surface area contributed by atoms with E-state index in [4.69, 9.17) is 0 Å². The third-order valence-electron chi connectivity index (χ3n) is 4.37. The highest BCUT2D eigenvalue weighted by atomic mass is 16.4. The lowest BCUT2D eigenvalue weighted by Crippen LogP contribution is -2.34. The summed E-state index contributed by atoms with van der Waals surface area (Å²) in [5.74, 6) is -1.54. The van der Waals surface area contributed by atoms with Crippen LogP contribution in [-0.2, 0) is 10.3 Å². The van der Waals surface area contributed by atoms with Crippen molar-refractivity contribution in [2.24, 2.45) is 0 Å². The summed E-state index contributed by atoms with van der Waals surface area (Å²) in [6.07, 6.45) is 1.48. The van der Waals surface area contributed by atoms with Crippen molar-refractivity contribution in [3.8, 4) is 0 Å². The zero-order valence-electron chi connectivity index (χ0n) is 15.5. The third kappa shape index (κ3) is 3.73. The molecule has 0 fully saturated rings. The van der Waals surface area contributed by atoms with Gasteiger partial charge in [-0.05, 0) is 58.2 Å². The Balaban J connectivity index is 2.35. The van der Waals surface area contributed by atoms with Crippen molar-refractivity contribution in [1.82, 2.24) is 15.1 Å². The Bertz CT molecular complexity index is 816. The largest absolute Gasteiger partial charge is 0.479 e. The molecule has 1 atom stereocenters. The van der Waals surface area contributed by atoms with Gasteiger partial charge in [0.15, 0.2) is 6.04 Å². The molecule has 1 aromatic carbocycles. The maximum Gasteiger partial charge on any atom is 0.330 e. The predicted molar refractivity (Wildman–Crippen MR) is 95.7 cm³/mol. The molecule has 1 amide bonds. The zero-order valence-corrected chi connectivity index (χ0v) is 15.5. The quantitative estimate of drug-likeness (QED) is 0.893. The molecule has 134 valence electrons. The first kappa shape index (κ1) is 18.7. The molecule has 0 bridgehead atoms. The number of nitrogens with one attached hydrogen (secondary N) is 1. The highest BCUT2D eigenvalue weighted by molar-refractivity contribution is 5.97. The number of hydrogen-bond donors (Lipinski definition) is 2. The van der Waals surface area contributed by atoms with Gasteiger partial charge < -0.3 is 10.4 Å². The monoisotopic (exact) mass is 343 g/mol. The van der Waals surface area contributed by atoms with Crippen LogP contribution in [0.2, 0.25) is 0 Å². The second-order valence-electron chi connectivity index (χ2n) is 7.26. The van der Waals surface area contributed by atoms with Gasteiger partial charge in [-0.2, -0.15) is 5.10 Å². The van der Waals surface area contributed by atoms with Crippen molar-refractivity contribution >= 4 is 11.9 Å². The van der Waals surface area contributed by atoms with Crippen LogP contribution in [0.1, 0.15) is 59.6 Å². The highest BCUT2D eigenvalue weighted by Gasteiger charge is 2.27. The van der Waals surface area contributed by atoms with Gasteiger partial charge in [-0.1, -0.05) is 18.2 Å². The zero-order chi connectivity index (χ0) is 18.9. The van der Waals surface area contributed by atoms with Crippen molar-refractivity contribution in [2.75, 3.05) is 0 Å². The molecule has 2 rings (SSSR count). The lowest BCUT2D eigenvalue weighted by molar-refractivity contribution is -0.139. The Hall–Kier alpha value is -2.63. The van der Waals surface area contributed by atoms with Crippen LogP contribution in [-0.4, -0.2) is 26.8 Å². The lowest BCUT2D eigenvalue weighted by Gasteiger charge is -2.22. The molecule has 2 aromatic rings. The van der Waals surface area contributed by atoms with Crippen LogP contribution in [0.15, 0.2) is 24.4 Å². The van der Waals surface area contributed by atoms with E-state index in [0.717, 1.165) is 11.1 Å². The van der Waals surface area contributed by atoms with Crippen LogP contribution in [0.4, 0.5) is 0 Å². The molecule has 0 aliphatic rings. The smallest absolute Gasteiger partial charge is 0.330 e. The number of carbonyl (C=O) groups is 2. The molecule has 0 saturated heterocycles. The third-order valence-corrected chi connectivity index (χ3v) is 4.37. The number of rotatable bonds is 4. The summed E-state index contributed by atoms with van der Waals surface area (Å²) >= 11 is 0. The first-order valence-electron chi connectivity index (χ1n) is 8.19.